The van der Waals surface area contributed by atoms with Crippen LogP contribution in [0.15, 0.2) is 29.3 Å². The van der Waals surface area contributed by atoms with Gasteiger partial charge in [0.05, 0.1) is 24.5 Å². The van der Waals surface area contributed by atoms with Gasteiger partial charge in [-0.3, -0.25) is 14.1 Å². The highest BCUT2D eigenvalue weighted by atomic mass is 32.2. The summed E-state index contributed by atoms with van der Waals surface area (Å²) in [5, 5.41) is 3.13. The van der Waals surface area contributed by atoms with Crippen molar-refractivity contribution in [3.63, 3.8) is 0 Å². The van der Waals surface area contributed by atoms with Gasteiger partial charge in [0.1, 0.15) is 0 Å². The first-order chi connectivity index (χ1) is 13.4. The SMILES string of the molecule is CN=C(NCCS(=O)(=O)N1CCc2ccccc21)N1CC(C)C(C(=O)OC)C1. The molecular weight excluding hydrogens is 380 g/mol. The molecule has 1 N–H and O–H groups in total. The summed E-state index contributed by atoms with van der Waals surface area (Å²) in [6.07, 6.45) is 0.741. The molecule has 28 heavy (non-hydrogen) atoms. The van der Waals surface area contributed by atoms with E-state index in [0.717, 1.165) is 17.7 Å². The molecule has 1 aromatic carbocycles. The van der Waals surface area contributed by atoms with Crippen molar-refractivity contribution >= 4 is 27.6 Å². The highest BCUT2D eigenvalue weighted by molar-refractivity contribution is 7.92. The van der Waals surface area contributed by atoms with Crippen LogP contribution in [0.4, 0.5) is 5.69 Å². The van der Waals surface area contributed by atoms with Crippen molar-refractivity contribution in [3.05, 3.63) is 29.8 Å². The van der Waals surface area contributed by atoms with Crippen LogP contribution < -0.4 is 9.62 Å². The minimum atomic E-state index is -3.42. The Balaban J connectivity index is 1.57. The van der Waals surface area contributed by atoms with Crippen molar-refractivity contribution in [1.29, 1.82) is 0 Å². The summed E-state index contributed by atoms with van der Waals surface area (Å²) in [7, 11) is -0.365. The minimum absolute atomic E-state index is 0.0236. The molecule has 1 aromatic rings. The molecule has 1 saturated heterocycles. The zero-order valence-electron chi connectivity index (χ0n) is 16.6. The summed E-state index contributed by atoms with van der Waals surface area (Å²) in [6, 6.07) is 7.61. The smallest absolute Gasteiger partial charge is 0.310 e. The largest absolute Gasteiger partial charge is 0.469 e. The number of para-hydroxylation sites is 1. The number of aliphatic imine (C=N–C) groups is 1. The van der Waals surface area contributed by atoms with Gasteiger partial charge in [0.2, 0.25) is 10.0 Å². The maximum absolute atomic E-state index is 12.8. The minimum Gasteiger partial charge on any atom is -0.469 e. The van der Waals surface area contributed by atoms with E-state index in [-0.39, 0.29) is 30.1 Å². The standard InChI is InChI=1S/C19H28N4O4S/c1-14-12-22(13-16(14)18(24)27-3)19(20-2)21-9-11-28(25,26)23-10-8-15-6-4-5-7-17(15)23/h4-7,14,16H,8-13H2,1-3H3,(H,20,21). The first kappa shape index (κ1) is 20.4. The van der Waals surface area contributed by atoms with Gasteiger partial charge in [0.15, 0.2) is 5.96 Å². The second kappa shape index (κ2) is 8.38. The lowest BCUT2D eigenvalue weighted by atomic mass is 9.99. The van der Waals surface area contributed by atoms with E-state index in [1.807, 2.05) is 36.1 Å². The predicted molar refractivity (Wildman–Crippen MR) is 109 cm³/mol. The van der Waals surface area contributed by atoms with E-state index in [9.17, 15) is 13.2 Å². The summed E-state index contributed by atoms with van der Waals surface area (Å²) in [5.74, 6) is 0.310. The molecule has 9 heteroatoms. The molecule has 0 saturated carbocycles. The third kappa shape index (κ3) is 4.09. The fourth-order valence-electron chi connectivity index (χ4n) is 3.93. The van der Waals surface area contributed by atoms with E-state index in [0.29, 0.717) is 25.6 Å². The molecule has 1 fully saturated rings. The highest BCUT2D eigenvalue weighted by Crippen LogP contribution is 2.30. The number of methoxy groups -OCH3 is 1. The predicted octanol–water partition coefficient (Wildman–Crippen LogP) is 0.695. The van der Waals surface area contributed by atoms with Crippen LogP contribution in [-0.2, 0) is 26.0 Å². The first-order valence-corrected chi connectivity index (χ1v) is 11.1. The fraction of sp³-hybridized carbons (Fsp3) is 0.579. The molecule has 0 aliphatic carbocycles. The summed E-state index contributed by atoms with van der Waals surface area (Å²) in [4.78, 5) is 18.1. The molecule has 2 atom stereocenters. The lowest BCUT2D eigenvalue weighted by Gasteiger charge is -2.23. The second-order valence-corrected chi connectivity index (χ2v) is 9.27. The summed E-state index contributed by atoms with van der Waals surface area (Å²) >= 11 is 0. The average molecular weight is 409 g/mol. The quantitative estimate of drug-likeness (QED) is 0.438. The lowest BCUT2D eigenvalue weighted by molar-refractivity contribution is -0.145. The van der Waals surface area contributed by atoms with Gasteiger partial charge in [-0.1, -0.05) is 25.1 Å². The number of guanidine groups is 1. The van der Waals surface area contributed by atoms with Crippen LogP contribution in [0.25, 0.3) is 0 Å². The Hall–Kier alpha value is -2.29. The molecule has 3 rings (SSSR count). The number of likely N-dealkylation sites (tertiary alicyclic amines) is 1. The van der Waals surface area contributed by atoms with Gasteiger partial charge in [-0.05, 0) is 24.0 Å². The number of sulfonamides is 1. The lowest BCUT2D eigenvalue weighted by Crippen LogP contribution is -2.43. The van der Waals surface area contributed by atoms with Crippen molar-refractivity contribution in [2.24, 2.45) is 16.8 Å². The van der Waals surface area contributed by atoms with Crippen LogP contribution in [0.1, 0.15) is 12.5 Å². The topological polar surface area (TPSA) is 91.3 Å². The number of nitrogens with one attached hydrogen (secondary N) is 1. The van der Waals surface area contributed by atoms with Gasteiger partial charge >= 0.3 is 5.97 Å². The normalized spacial score (nSPS) is 22.3. The van der Waals surface area contributed by atoms with Crippen LogP contribution in [0, 0.1) is 11.8 Å². The van der Waals surface area contributed by atoms with Crippen LogP contribution >= 0.6 is 0 Å². The van der Waals surface area contributed by atoms with E-state index in [2.05, 4.69) is 10.3 Å². The Kier molecular flexibility index (Phi) is 6.12. The Morgan fingerprint density at radius 2 is 2.07 bits per heavy atom. The number of anilines is 1. The van der Waals surface area contributed by atoms with E-state index in [1.54, 1.807) is 7.05 Å². The molecule has 2 aliphatic heterocycles. The Morgan fingerprint density at radius 1 is 1.32 bits per heavy atom. The molecule has 0 aromatic heterocycles. The number of ether oxygens (including phenoxy) is 1. The zero-order chi connectivity index (χ0) is 20.3. The third-order valence-electron chi connectivity index (χ3n) is 5.45. The molecule has 2 unspecified atom stereocenters. The van der Waals surface area contributed by atoms with Gasteiger partial charge in [-0.25, -0.2) is 8.42 Å². The number of esters is 1. The van der Waals surface area contributed by atoms with Gasteiger partial charge in [-0.15, -0.1) is 0 Å². The fourth-order valence-corrected chi connectivity index (χ4v) is 5.36. The van der Waals surface area contributed by atoms with Gasteiger partial charge < -0.3 is 15.0 Å². The Morgan fingerprint density at radius 3 is 2.79 bits per heavy atom. The van der Waals surface area contributed by atoms with Crippen molar-refractivity contribution in [2.75, 3.05) is 50.4 Å². The number of hydrogen-bond acceptors (Lipinski definition) is 5. The molecule has 0 radical (unpaired) electrons. The van der Waals surface area contributed by atoms with Crippen molar-refractivity contribution in [3.8, 4) is 0 Å². The zero-order valence-corrected chi connectivity index (χ0v) is 17.4. The number of benzene rings is 1. The van der Waals surface area contributed by atoms with Gasteiger partial charge in [-0.2, -0.15) is 0 Å². The molecular formula is C19H28N4O4S. The number of hydrogen-bond donors (Lipinski definition) is 1. The number of fused-ring (bicyclic) bond motifs is 1. The van der Waals surface area contributed by atoms with Crippen molar-refractivity contribution in [2.45, 2.75) is 13.3 Å². The van der Waals surface area contributed by atoms with E-state index in [1.165, 1.54) is 11.4 Å². The first-order valence-electron chi connectivity index (χ1n) is 9.49. The molecule has 8 nitrogen and oxygen atoms in total. The number of carbonyl (C=O) groups excluding carboxylic acids is 1. The van der Waals surface area contributed by atoms with Gasteiger partial charge in [0.25, 0.3) is 0 Å². The molecule has 0 bridgehead atoms. The van der Waals surface area contributed by atoms with Crippen LogP contribution in [0.3, 0.4) is 0 Å². The molecule has 154 valence electrons. The maximum atomic E-state index is 12.8. The van der Waals surface area contributed by atoms with E-state index >= 15 is 0 Å². The van der Waals surface area contributed by atoms with Crippen molar-refractivity contribution < 1.29 is 17.9 Å². The third-order valence-corrected chi connectivity index (χ3v) is 7.22. The summed E-state index contributed by atoms with van der Waals surface area (Å²) in [5.41, 5.74) is 1.84. The van der Waals surface area contributed by atoms with Crippen LogP contribution in [0.5, 0.6) is 0 Å². The number of carbonyl (C=O) groups is 1. The molecule has 2 heterocycles. The van der Waals surface area contributed by atoms with E-state index < -0.39 is 10.0 Å². The van der Waals surface area contributed by atoms with Crippen LogP contribution in [-0.4, -0.2) is 71.3 Å². The molecule has 0 spiro atoms. The molecule has 0 amide bonds. The van der Waals surface area contributed by atoms with Crippen molar-refractivity contribution in [1.82, 2.24) is 10.2 Å². The average Bonchev–Trinajstić information content (AvgIpc) is 3.28. The molecule has 2 aliphatic rings. The summed E-state index contributed by atoms with van der Waals surface area (Å²) in [6.45, 7) is 3.93. The Bertz CT molecular complexity index is 855. The number of nitrogens with zero attached hydrogens (tertiary/aromatic N) is 3. The monoisotopic (exact) mass is 408 g/mol. The van der Waals surface area contributed by atoms with E-state index in [4.69, 9.17) is 4.74 Å². The van der Waals surface area contributed by atoms with Gasteiger partial charge in [0, 0.05) is 33.2 Å². The number of rotatable bonds is 5. The highest BCUT2D eigenvalue weighted by Gasteiger charge is 2.37. The van der Waals surface area contributed by atoms with Crippen LogP contribution in [0.2, 0.25) is 0 Å². The second-order valence-electron chi connectivity index (χ2n) is 7.25. The maximum Gasteiger partial charge on any atom is 0.310 e. The summed E-state index contributed by atoms with van der Waals surface area (Å²) < 4.78 is 31.9. The Labute approximate surface area is 166 Å².